The molecule has 0 bridgehead atoms. The number of amides is 1. The molecular formula is C12H22N2O3. The van der Waals surface area contributed by atoms with E-state index in [0.29, 0.717) is 6.54 Å². The third-order valence-electron chi connectivity index (χ3n) is 3.71. The molecule has 1 amide bonds. The molecule has 1 aliphatic heterocycles. The maximum absolute atomic E-state index is 11.9. The molecule has 2 rings (SSSR count). The largest absolute Gasteiger partial charge is 0.393 e. The van der Waals surface area contributed by atoms with E-state index < -0.39 is 0 Å². The summed E-state index contributed by atoms with van der Waals surface area (Å²) in [5.74, 6) is -0.0117. The second-order valence-electron chi connectivity index (χ2n) is 5.07. The summed E-state index contributed by atoms with van der Waals surface area (Å²) in [6.45, 7) is 0.486. The lowest BCUT2D eigenvalue weighted by Gasteiger charge is -2.27. The van der Waals surface area contributed by atoms with Gasteiger partial charge in [0.25, 0.3) is 0 Å². The van der Waals surface area contributed by atoms with Crippen LogP contribution in [0.15, 0.2) is 0 Å². The van der Waals surface area contributed by atoms with E-state index in [1.54, 1.807) is 0 Å². The molecule has 1 aliphatic carbocycles. The molecule has 2 unspecified atom stereocenters. The zero-order valence-electron chi connectivity index (χ0n) is 10.1. The van der Waals surface area contributed by atoms with Crippen LogP contribution in [-0.4, -0.2) is 41.9 Å². The molecule has 5 nitrogen and oxygen atoms in total. The van der Waals surface area contributed by atoms with Gasteiger partial charge in [-0.05, 0) is 38.5 Å². The molecule has 1 saturated heterocycles. The van der Waals surface area contributed by atoms with Crippen molar-refractivity contribution in [3.8, 4) is 0 Å². The van der Waals surface area contributed by atoms with Gasteiger partial charge in [0, 0.05) is 12.6 Å². The summed E-state index contributed by atoms with van der Waals surface area (Å²) in [5.41, 5.74) is 5.51. The third-order valence-corrected chi connectivity index (χ3v) is 3.71. The van der Waals surface area contributed by atoms with Gasteiger partial charge in [0.2, 0.25) is 5.91 Å². The Hall–Kier alpha value is -0.650. The third kappa shape index (κ3) is 3.40. The number of rotatable bonds is 3. The average molecular weight is 242 g/mol. The fourth-order valence-corrected chi connectivity index (χ4v) is 2.59. The van der Waals surface area contributed by atoms with E-state index >= 15 is 0 Å². The second-order valence-corrected chi connectivity index (χ2v) is 5.07. The smallest absolute Gasteiger partial charge is 0.249 e. The molecule has 2 atom stereocenters. The first-order valence-electron chi connectivity index (χ1n) is 6.53. The van der Waals surface area contributed by atoms with Crippen molar-refractivity contribution >= 4 is 5.91 Å². The Bertz CT molecular complexity index is 264. The van der Waals surface area contributed by atoms with Crippen LogP contribution in [0.4, 0.5) is 0 Å². The zero-order valence-corrected chi connectivity index (χ0v) is 10.1. The van der Waals surface area contributed by atoms with Gasteiger partial charge in [-0.1, -0.05) is 0 Å². The van der Waals surface area contributed by atoms with Gasteiger partial charge in [-0.2, -0.15) is 0 Å². The van der Waals surface area contributed by atoms with E-state index in [2.05, 4.69) is 5.32 Å². The number of aliphatic hydroxyl groups is 1. The summed E-state index contributed by atoms with van der Waals surface area (Å²) in [6, 6.07) is 0.200. The highest BCUT2D eigenvalue weighted by molar-refractivity contribution is 5.81. The lowest BCUT2D eigenvalue weighted by Crippen LogP contribution is -2.43. The van der Waals surface area contributed by atoms with E-state index in [1.807, 2.05) is 0 Å². The van der Waals surface area contributed by atoms with Gasteiger partial charge < -0.3 is 20.9 Å². The monoisotopic (exact) mass is 242 g/mol. The summed E-state index contributed by atoms with van der Waals surface area (Å²) in [4.78, 5) is 11.9. The van der Waals surface area contributed by atoms with Gasteiger partial charge in [0.05, 0.1) is 12.2 Å². The first-order chi connectivity index (χ1) is 8.19. The molecule has 4 N–H and O–H groups in total. The van der Waals surface area contributed by atoms with Crippen LogP contribution >= 0.6 is 0 Å². The van der Waals surface area contributed by atoms with Crippen LogP contribution in [0.3, 0.4) is 0 Å². The minimum atomic E-state index is -0.324. The number of hydrogen-bond donors (Lipinski definition) is 3. The highest BCUT2D eigenvalue weighted by Gasteiger charge is 2.31. The summed E-state index contributed by atoms with van der Waals surface area (Å²) in [7, 11) is 0. The van der Waals surface area contributed by atoms with Crippen LogP contribution in [0.25, 0.3) is 0 Å². The van der Waals surface area contributed by atoms with Crippen molar-refractivity contribution in [3.05, 3.63) is 0 Å². The number of aliphatic hydroxyl groups excluding tert-OH is 1. The van der Waals surface area contributed by atoms with E-state index in [4.69, 9.17) is 10.5 Å². The molecule has 0 aromatic heterocycles. The van der Waals surface area contributed by atoms with Crippen LogP contribution in [0.2, 0.25) is 0 Å². The molecule has 98 valence electrons. The van der Waals surface area contributed by atoms with Gasteiger partial charge in [-0.15, -0.1) is 0 Å². The predicted octanol–water partition coefficient (Wildman–Crippen LogP) is -0.0876. The lowest BCUT2D eigenvalue weighted by atomic mass is 9.93. The number of hydrogen-bond acceptors (Lipinski definition) is 4. The molecular weight excluding hydrogens is 220 g/mol. The highest BCUT2D eigenvalue weighted by atomic mass is 16.5. The average Bonchev–Trinajstić information content (AvgIpc) is 2.81. The molecule has 0 radical (unpaired) electrons. The van der Waals surface area contributed by atoms with Gasteiger partial charge in [-0.3, -0.25) is 4.79 Å². The van der Waals surface area contributed by atoms with Crippen molar-refractivity contribution in [2.45, 2.75) is 62.9 Å². The normalized spacial score (nSPS) is 38.0. The first-order valence-corrected chi connectivity index (χ1v) is 6.53. The maximum Gasteiger partial charge on any atom is 0.249 e. The highest BCUT2D eigenvalue weighted by Crippen LogP contribution is 2.21. The molecule has 17 heavy (non-hydrogen) atoms. The van der Waals surface area contributed by atoms with Crippen LogP contribution in [0, 0.1) is 0 Å². The standard InChI is InChI=1S/C12H22N2O3/c13-7-10-5-6-11(17-10)12(16)14-8-1-3-9(15)4-2-8/h8-11,15H,1-7,13H2,(H,14,16). The topological polar surface area (TPSA) is 84.6 Å². The van der Waals surface area contributed by atoms with Crippen LogP contribution in [-0.2, 0) is 9.53 Å². The zero-order chi connectivity index (χ0) is 12.3. The van der Waals surface area contributed by atoms with Crippen LogP contribution in [0.1, 0.15) is 38.5 Å². The van der Waals surface area contributed by atoms with Crippen LogP contribution < -0.4 is 11.1 Å². The summed E-state index contributed by atoms with van der Waals surface area (Å²) in [6.07, 6.45) is 4.45. The summed E-state index contributed by atoms with van der Waals surface area (Å²) >= 11 is 0. The molecule has 1 saturated carbocycles. The van der Waals surface area contributed by atoms with Crippen molar-refractivity contribution in [3.63, 3.8) is 0 Å². The Morgan fingerprint density at radius 2 is 1.94 bits per heavy atom. The van der Waals surface area contributed by atoms with Crippen molar-refractivity contribution in [2.75, 3.05) is 6.54 Å². The Labute approximate surface area is 102 Å². The van der Waals surface area contributed by atoms with E-state index in [1.165, 1.54) is 0 Å². The quantitative estimate of drug-likeness (QED) is 0.646. The van der Waals surface area contributed by atoms with E-state index in [9.17, 15) is 9.90 Å². The van der Waals surface area contributed by atoms with Gasteiger partial charge in [-0.25, -0.2) is 0 Å². The van der Waals surface area contributed by atoms with Gasteiger partial charge >= 0.3 is 0 Å². The SMILES string of the molecule is NCC1CCC(C(=O)NC2CCC(O)CC2)O1. The molecule has 5 heteroatoms. The minimum Gasteiger partial charge on any atom is -0.393 e. The Morgan fingerprint density at radius 3 is 2.53 bits per heavy atom. The minimum absolute atomic E-state index is 0.0117. The van der Waals surface area contributed by atoms with E-state index in [-0.39, 0.29) is 30.3 Å². The molecule has 0 spiro atoms. The summed E-state index contributed by atoms with van der Waals surface area (Å²) in [5, 5.41) is 12.4. The van der Waals surface area contributed by atoms with E-state index in [0.717, 1.165) is 38.5 Å². The predicted molar refractivity (Wildman–Crippen MR) is 63.4 cm³/mol. The van der Waals surface area contributed by atoms with Crippen molar-refractivity contribution in [1.82, 2.24) is 5.32 Å². The maximum atomic E-state index is 11.9. The molecule has 2 fully saturated rings. The molecule has 0 aromatic rings. The second kappa shape index (κ2) is 5.80. The fourth-order valence-electron chi connectivity index (χ4n) is 2.59. The van der Waals surface area contributed by atoms with Crippen molar-refractivity contribution in [2.24, 2.45) is 5.73 Å². The van der Waals surface area contributed by atoms with Crippen LogP contribution in [0.5, 0.6) is 0 Å². The number of ether oxygens (including phenoxy) is 1. The molecule has 1 heterocycles. The number of nitrogens with one attached hydrogen (secondary N) is 1. The Morgan fingerprint density at radius 1 is 1.24 bits per heavy atom. The fraction of sp³-hybridized carbons (Fsp3) is 0.917. The lowest BCUT2D eigenvalue weighted by molar-refractivity contribution is -0.133. The Kier molecular flexibility index (Phi) is 4.36. The number of carbonyl (C=O) groups is 1. The van der Waals surface area contributed by atoms with Gasteiger partial charge in [0.15, 0.2) is 0 Å². The Balaban J connectivity index is 1.74. The van der Waals surface area contributed by atoms with Crippen molar-refractivity contribution in [1.29, 1.82) is 0 Å². The number of carbonyl (C=O) groups excluding carboxylic acids is 1. The summed E-state index contributed by atoms with van der Waals surface area (Å²) < 4.78 is 5.55. The van der Waals surface area contributed by atoms with Crippen molar-refractivity contribution < 1.29 is 14.6 Å². The molecule has 0 aromatic carbocycles. The molecule has 2 aliphatic rings. The number of nitrogens with two attached hydrogens (primary N) is 1. The first kappa shape index (κ1) is 12.8. The van der Waals surface area contributed by atoms with Gasteiger partial charge in [0.1, 0.15) is 6.10 Å².